The van der Waals surface area contributed by atoms with Crippen molar-refractivity contribution in [1.82, 2.24) is 9.36 Å². The van der Waals surface area contributed by atoms with Gasteiger partial charge < -0.3 is 9.47 Å². The topological polar surface area (TPSA) is 85.1 Å². The first kappa shape index (κ1) is 24.1. The summed E-state index contributed by atoms with van der Waals surface area (Å²) in [5.74, 6) is 0.805. The van der Waals surface area contributed by atoms with Gasteiger partial charge in [-0.15, -0.1) is 0 Å². The van der Waals surface area contributed by atoms with Crippen LogP contribution < -0.4 is 4.74 Å². The van der Waals surface area contributed by atoms with Crippen molar-refractivity contribution in [2.24, 2.45) is 0 Å². The van der Waals surface area contributed by atoms with Crippen LogP contribution in [0.15, 0.2) is 42.5 Å². The van der Waals surface area contributed by atoms with E-state index in [0.717, 1.165) is 27.3 Å². The van der Waals surface area contributed by atoms with Crippen LogP contribution in [0.1, 0.15) is 51.3 Å². The van der Waals surface area contributed by atoms with Crippen LogP contribution in [0.4, 0.5) is 0 Å². The number of rotatable bonds is 6. The van der Waals surface area contributed by atoms with E-state index in [2.05, 4.69) is 15.4 Å². The van der Waals surface area contributed by atoms with Crippen molar-refractivity contribution in [3.05, 3.63) is 59.2 Å². The molecule has 0 aliphatic carbocycles. The van der Waals surface area contributed by atoms with Crippen molar-refractivity contribution < 1.29 is 14.3 Å². The molecule has 0 N–H and O–H groups in total. The fourth-order valence-electron chi connectivity index (χ4n) is 3.10. The van der Waals surface area contributed by atoms with E-state index in [9.17, 15) is 10.1 Å². The lowest BCUT2D eigenvalue weighted by Gasteiger charge is -2.17. The van der Waals surface area contributed by atoms with E-state index < -0.39 is 5.60 Å². The molecule has 0 atom stereocenters. The predicted molar refractivity (Wildman–Crippen MR) is 131 cm³/mol. The molecule has 0 saturated carbocycles. The summed E-state index contributed by atoms with van der Waals surface area (Å²) in [4.78, 5) is 16.6. The molecule has 3 rings (SSSR count). The minimum Gasteiger partial charge on any atom is -0.490 e. The van der Waals surface area contributed by atoms with E-state index in [1.165, 1.54) is 17.6 Å². The molecule has 1 heterocycles. The Kier molecular flexibility index (Phi) is 7.29. The van der Waals surface area contributed by atoms with Gasteiger partial charge in [0.2, 0.25) is 0 Å². The summed E-state index contributed by atoms with van der Waals surface area (Å²) in [5.41, 5.74) is 3.55. The Morgan fingerprint density at radius 2 is 1.94 bits per heavy atom. The first-order valence-corrected chi connectivity index (χ1v) is 11.4. The van der Waals surface area contributed by atoms with Crippen LogP contribution >= 0.6 is 11.5 Å². The van der Waals surface area contributed by atoms with Crippen LogP contribution in [0.2, 0.25) is 0 Å². The molecule has 0 saturated heterocycles. The minimum atomic E-state index is -0.523. The molecule has 33 heavy (non-hydrogen) atoms. The molecular formula is C26H27N3O3S. The number of ether oxygens (including phenoxy) is 2. The molecule has 3 aromatic rings. The van der Waals surface area contributed by atoms with Crippen molar-refractivity contribution in [2.75, 3.05) is 0 Å². The highest BCUT2D eigenvalue weighted by Gasteiger charge is 2.15. The monoisotopic (exact) mass is 461 g/mol. The molecular weight excluding hydrogens is 434 g/mol. The molecule has 0 aliphatic rings. The Labute approximate surface area is 198 Å². The predicted octanol–water partition coefficient (Wildman–Crippen LogP) is 6.19. The average Bonchev–Trinajstić information content (AvgIpc) is 3.21. The van der Waals surface area contributed by atoms with Crippen molar-refractivity contribution in [2.45, 2.75) is 53.2 Å². The fourth-order valence-corrected chi connectivity index (χ4v) is 3.77. The molecule has 0 radical (unpaired) electrons. The Morgan fingerprint density at radius 3 is 2.58 bits per heavy atom. The number of nitrogens with zero attached hydrogens (tertiary/aromatic N) is 3. The van der Waals surface area contributed by atoms with Crippen molar-refractivity contribution in [1.29, 1.82) is 5.26 Å². The molecule has 170 valence electrons. The van der Waals surface area contributed by atoms with Crippen LogP contribution in [0.5, 0.6) is 5.75 Å². The summed E-state index contributed by atoms with van der Waals surface area (Å²) in [6.45, 7) is 11.3. The van der Waals surface area contributed by atoms with Crippen LogP contribution in [0.3, 0.4) is 0 Å². The third-order valence-corrected chi connectivity index (χ3v) is 5.21. The van der Waals surface area contributed by atoms with Gasteiger partial charge in [0.15, 0.2) is 5.82 Å². The number of nitriles is 1. The maximum atomic E-state index is 11.9. The number of carbonyl (C=O) groups excluding carboxylic acids is 1. The molecule has 0 fully saturated rings. The largest absolute Gasteiger partial charge is 0.490 e. The normalized spacial score (nSPS) is 11.6. The molecule has 0 aliphatic heterocycles. The van der Waals surface area contributed by atoms with Gasteiger partial charge in [-0.05, 0) is 88.5 Å². The highest BCUT2D eigenvalue weighted by molar-refractivity contribution is 7.09. The highest BCUT2D eigenvalue weighted by atomic mass is 32.1. The lowest BCUT2D eigenvalue weighted by Crippen LogP contribution is -2.22. The summed E-state index contributed by atoms with van der Waals surface area (Å²) < 4.78 is 15.5. The second-order valence-electron chi connectivity index (χ2n) is 8.85. The first-order chi connectivity index (χ1) is 15.6. The third-order valence-electron chi connectivity index (χ3n) is 4.45. The molecule has 6 nitrogen and oxygen atoms in total. The minimum absolute atomic E-state index is 0.0130. The van der Waals surface area contributed by atoms with E-state index in [1.54, 1.807) is 18.2 Å². The average molecular weight is 462 g/mol. The van der Waals surface area contributed by atoms with Gasteiger partial charge in [-0.2, -0.15) is 9.64 Å². The number of aromatic nitrogens is 2. The quantitative estimate of drug-likeness (QED) is 0.321. The standard InChI is InChI=1S/C26H27N3O3S/c1-16(2)31-22-11-9-19(14-20(22)15-27)25-28-24(29-33-25)21-10-7-18(13-17(21)3)8-12-23(30)32-26(4,5)6/h7-14,16H,1-6H3/b12-8+. The van der Waals surface area contributed by atoms with E-state index in [0.29, 0.717) is 17.1 Å². The zero-order valence-electron chi connectivity index (χ0n) is 19.7. The van der Waals surface area contributed by atoms with Crippen LogP contribution in [0, 0.1) is 18.3 Å². The van der Waals surface area contributed by atoms with E-state index in [-0.39, 0.29) is 12.1 Å². The summed E-state index contributed by atoms with van der Waals surface area (Å²) in [5, 5.41) is 10.2. The fraction of sp³-hybridized carbons (Fsp3) is 0.308. The maximum Gasteiger partial charge on any atom is 0.331 e. The maximum absolute atomic E-state index is 11.9. The van der Waals surface area contributed by atoms with Crippen LogP contribution in [-0.4, -0.2) is 27.0 Å². The van der Waals surface area contributed by atoms with Gasteiger partial charge in [-0.3, -0.25) is 0 Å². The molecule has 0 unspecified atom stereocenters. The molecule has 7 heteroatoms. The van der Waals surface area contributed by atoms with Gasteiger partial charge in [0.25, 0.3) is 0 Å². The molecule has 0 bridgehead atoms. The number of benzene rings is 2. The number of carbonyl (C=O) groups is 1. The number of aryl methyl sites for hydroxylation is 1. The highest BCUT2D eigenvalue weighted by Crippen LogP contribution is 2.31. The SMILES string of the molecule is Cc1cc(/C=C/C(=O)OC(C)(C)C)ccc1-c1nsc(-c2ccc(OC(C)C)c(C#N)c2)n1. The smallest absolute Gasteiger partial charge is 0.331 e. The summed E-state index contributed by atoms with van der Waals surface area (Å²) >= 11 is 1.28. The Morgan fingerprint density at radius 1 is 1.18 bits per heavy atom. The second kappa shape index (κ2) is 9.97. The van der Waals surface area contributed by atoms with Gasteiger partial charge in [-0.1, -0.05) is 18.2 Å². The van der Waals surface area contributed by atoms with Crippen LogP contribution in [0.25, 0.3) is 28.0 Å². The van der Waals surface area contributed by atoms with Gasteiger partial charge in [0.1, 0.15) is 22.4 Å². The third kappa shape index (κ3) is 6.50. The van der Waals surface area contributed by atoms with Gasteiger partial charge in [0.05, 0.1) is 11.7 Å². The molecule has 0 amide bonds. The van der Waals surface area contributed by atoms with Crippen molar-refractivity contribution in [3.8, 4) is 33.8 Å². The lowest BCUT2D eigenvalue weighted by molar-refractivity contribution is -0.148. The van der Waals surface area contributed by atoms with Gasteiger partial charge in [0, 0.05) is 17.2 Å². The van der Waals surface area contributed by atoms with Gasteiger partial charge >= 0.3 is 5.97 Å². The zero-order valence-corrected chi connectivity index (χ0v) is 20.5. The van der Waals surface area contributed by atoms with Crippen LogP contribution in [-0.2, 0) is 9.53 Å². The Bertz CT molecular complexity index is 1230. The lowest BCUT2D eigenvalue weighted by atomic mass is 10.0. The number of esters is 1. The van der Waals surface area contributed by atoms with Crippen molar-refractivity contribution >= 4 is 23.6 Å². The van der Waals surface area contributed by atoms with E-state index in [1.807, 2.05) is 65.8 Å². The first-order valence-electron chi connectivity index (χ1n) is 10.6. The molecule has 1 aromatic heterocycles. The Balaban J connectivity index is 1.81. The molecule has 2 aromatic carbocycles. The summed E-state index contributed by atoms with van der Waals surface area (Å²) in [7, 11) is 0. The number of hydrogen-bond acceptors (Lipinski definition) is 7. The Hall–Kier alpha value is -3.50. The van der Waals surface area contributed by atoms with E-state index >= 15 is 0 Å². The number of hydrogen-bond donors (Lipinski definition) is 0. The molecule has 0 spiro atoms. The van der Waals surface area contributed by atoms with Crippen molar-refractivity contribution in [3.63, 3.8) is 0 Å². The van der Waals surface area contributed by atoms with E-state index in [4.69, 9.17) is 9.47 Å². The summed E-state index contributed by atoms with van der Waals surface area (Å²) in [6, 6.07) is 13.5. The second-order valence-corrected chi connectivity index (χ2v) is 9.61. The summed E-state index contributed by atoms with van der Waals surface area (Å²) in [6.07, 6.45) is 3.15. The zero-order chi connectivity index (χ0) is 24.2. The van der Waals surface area contributed by atoms with Gasteiger partial charge in [-0.25, -0.2) is 9.78 Å².